The van der Waals surface area contributed by atoms with E-state index >= 15 is 0 Å². The van der Waals surface area contributed by atoms with Crippen molar-refractivity contribution in [2.24, 2.45) is 10.2 Å². The van der Waals surface area contributed by atoms with Gasteiger partial charge in [-0.2, -0.15) is 5.10 Å². The van der Waals surface area contributed by atoms with Crippen LogP contribution in [0.4, 0.5) is 10.1 Å². The molecule has 9 heteroatoms. The van der Waals surface area contributed by atoms with E-state index in [0.717, 1.165) is 17.3 Å². The first kappa shape index (κ1) is 19.6. The number of rotatable bonds is 4. The topological polar surface area (TPSA) is 103 Å². The van der Waals surface area contributed by atoms with Gasteiger partial charge >= 0.3 is 0 Å². The lowest BCUT2D eigenvalue weighted by Gasteiger charge is -2.21. The average Bonchev–Trinajstić information content (AvgIpc) is 2.68. The Bertz CT molecular complexity index is 943. The molecular weight excluding hydrogens is 383 g/mol. The number of thioether (sulfide) groups is 1. The summed E-state index contributed by atoms with van der Waals surface area (Å²) in [5.41, 5.74) is 1.79. The van der Waals surface area contributed by atoms with Gasteiger partial charge in [0.15, 0.2) is 5.17 Å². The van der Waals surface area contributed by atoms with E-state index in [-0.39, 0.29) is 29.2 Å². The summed E-state index contributed by atoms with van der Waals surface area (Å²) in [6.45, 7) is 1.74. The predicted octanol–water partition coefficient (Wildman–Crippen LogP) is 2.87. The van der Waals surface area contributed by atoms with Gasteiger partial charge in [-0.05, 0) is 61.0 Å². The molecule has 144 valence electrons. The Kier molecular flexibility index (Phi) is 6.05. The van der Waals surface area contributed by atoms with Crippen LogP contribution in [0, 0.1) is 5.82 Å². The van der Waals surface area contributed by atoms with Crippen LogP contribution >= 0.6 is 11.8 Å². The Hall–Kier alpha value is -3.20. The lowest BCUT2D eigenvalue weighted by Crippen LogP contribution is -2.41. The van der Waals surface area contributed by atoms with Gasteiger partial charge in [-0.1, -0.05) is 11.8 Å². The maximum Gasteiger partial charge on any atom is 0.238 e. The molecule has 2 aromatic rings. The van der Waals surface area contributed by atoms with Crippen molar-refractivity contribution in [3.05, 3.63) is 59.9 Å². The molecule has 0 aromatic heterocycles. The van der Waals surface area contributed by atoms with E-state index in [0.29, 0.717) is 11.4 Å². The molecule has 1 aliphatic rings. The molecular formula is C19H17FN4O3S. The standard InChI is InChI=1S/C19H17FN4O3S/c1-11(12-2-8-15(25)9-3-12)23-24-19-22-17(26)10-16(28-19)18(27)21-14-6-4-13(20)5-7-14/h2-9,16,25H,10H2,1H3,(H,21,27)(H,22,24,26)/b23-11-/t16-/m0/s1. The molecule has 0 spiro atoms. The van der Waals surface area contributed by atoms with E-state index in [2.05, 4.69) is 20.8 Å². The molecule has 1 atom stereocenters. The van der Waals surface area contributed by atoms with Crippen molar-refractivity contribution < 1.29 is 19.1 Å². The van der Waals surface area contributed by atoms with Gasteiger partial charge < -0.3 is 15.7 Å². The number of amides is 2. The minimum absolute atomic E-state index is 0.00261. The van der Waals surface area contributed by atoms with Gasteiger partial charge in [-0.3, -0.25) is 9.59 Å². The molecule has 3 N–H and O–H groups in total. The van der Waals surface area contributed by atoms with Crippen LogP contribution in [-0.4, -0.2) is 33.1 Å². The zero-order valence-corrected chi connectivity index (χ0v) is 15.7. The quantitative estimate of drug-likeness (QED) is 0.542. The summed E-state index contributed by atoms with van der Waals surface area (Å²) in [4.78, 5) is 24.3. The normalized spacial score (nSPS) is 18.6. The second kappa shape index (κ2) is 8.66. The van der Waals surface area contributed by atoms with Crippen molar-refractivity contribution in [3.63, 3.8) is 0 Å². The monoisotopic (exact) mass is 400 g/mol. The largest absolute Gasteiger partial charge is 0.508 e. The predicted molar refractivity (Wildman–Crippen MR) is 107 cm³/mol. The number of aromatic hydroxyl groups is 1. The van der Waals surface area contributed by atoms with Crippen LogP contribution in [0.1, 0.15) is 18.9 Å². The van der Waals surface area contributed by atoms with Crippen LogP contribution in [0.2, 0.25) is 0 Å². The van der Waals surface area contributed by atoms with Crippen molar-refractivity contribution in [1.29, 1.82) is 0 Å². The summed E-state index contributed by atoms with van der Waals surface area (Å²) in [7, 11) is 0. The minimum atomic E-state index is -0.679. The Morgan fingerprint density at radius 1 is 1.21 bits per heavy atom. The van der Waals surface area contributed by atoms with Gasteiger partial charge in [-0.25, -0.2) is 4.39 Å². The molecule has 2 amide bonds. The Morgan fingerprint density at radius 3 is 2.57 bits per heavy atom. The molecule has 1 heterocycles. The highest BCUT2D eigenvalue weighted by Gasteiger charge is 2.30. The molecule has 0 radical (unpaired) electrons. The fourth-order valence-corrected chi connectivity index (χ4v) is 3.31. The highest BCUT2D eigenvalue weighted by atomic mass is 32.2. The molecule has 0 unspecified atom stereocenters. The first-order chi connectivity index (χ1) is 13.4. The SMILES string of the molecule is C/C(=N/N=C1/NC(=O)C[C@@H](C(=O)Nc2ccc(F)cc2)S1)c1ccc(O)cc1. The molecule has 7 nitrogen and oxygen atoms in total. The zero-order chi connectivity index (χ0) is 20.1. The number of phenols is 1. The molecule has 28 heavy (non-hydrogen) atoms. The van der Waals surface area contributed by atoms with E-state index in [4.69, 9.17) is 0 Å². The van der Waals surface area contributed by atoms with E-state index < -0.39 is 11.1 Å². The number of carbonyl (C=O) groups is 2. The minimum Gasteiger partial charge on any atom is -0.508 e. The van der Waals surface area contributed by atoms with Gasteiger partial charge in [0.2, 0.25) is 11.8 Å². The summed E-state index contributed by atoms with van der Waals surface area (Å²) < 4.78 is 13.0. The summed E-state index contributed by atoms with van der Waals surface area (Å²) >= 11 is 1.09. The first-order valence-corrected chi connectivity index (χ1v) is 9.23. The molecule has 1 aliphatic heterocycles. The number of anilines is 1. The Labute approximate surface area is 164 Å². The van der Waals surface area contributed by atoms with Gasteiger partial charge in [-0.15, -0.1) is 5.10 Å². The number of hydrogen-bond acceptors (Lipinski definition) is 6. The fourth-order valence-electron chi connectivity index (χ4n) is 2.38. The zero-order valence-electron chi connectivity index (χ0n) is 14.8. The third kappa shape index (κ3) is 5.17. The van der Waals surface area contributed by atoms with Crippen molar-refractivity contribution in [2.75, 3.05) is 5.32 Å². The van der Waals surface area contributed by atoms with Gasteiger partial charge in [0.1, 0.15) is 16.8 Å². The summed E-state index contributed by atoms with van der Waals surface area (Å²) in [6, 6.07) is 11.8. The number of nitrogens with zero attached hydrogens (tertiary/aromatic N) is 2. The van der Waals surface area contributed by atoms with Gasteiger partial charge in [0, 0.05) is 12.1 Å². The lowest BCUT2D eigenvalue weighted by atomic mass is 10.1. The van der Waals surface area contributed by atoms with Crippen LogP contribution in [0.25, 0.3) is 0 Å². The fraction of sp³-hybridized carbons (Fsp3) is 0.158. The van der Waals surface area contributed by atoms with E-state index in [9.17, 15) is 19.1 Å². The van der Waals surface area contributed by atoms with Crippen LogP contribution < -0.4 is 10.6 Å². The van der Waals surface area contributed by atoms with E-state index in [1.807, 2.05) is 0 Å². The third-order valence-electron chi connectivity index (χ3n) is 3.85. The Balaban J connectivity index is 1.69. The number of nitrogens with one attached hydrogen (secondary N) is 2. The molecule has 1 fully saturated rings. The molecule has 3 rings (SSSR count). The van der Waals surface area contributed by atoms with Crippen molar-refractivity contribution >= 4 is 40.1 Å². The smallest absolute Gasteiger partial charge is 0.238 e. The van der Waals surface area contributed by atoms with Crippen molar-refractivity contribution in [1.82, 2.24) is 5.32 Å². The van der Waals surface area contributed by atoms with Crippen LogP contribution in [-0.2, 0) is 9.59 Å². The van der Waals surface area contributed by atoms with E-state index in [1.54, 1.807) is 19.1 Å². The second-order valence-corrected chi connectivity index (χ2v) is 7.18. The molecule has 0 saturated carbocycles. The van der Waals surface area contributed by atoms with Gasteiger partial charge in [0.05, 0.1) is 5.71 Å². The number of hydrogen-bond donors (Lipinski definition) is 3. The number of benzene rings is 2. The number of halogens is 1. The van der Waals surface area contributed by atoms with Crippen molar-refractivity contribution in [2.45, 2.75) is 18.6 Å². The van der Waals surface area contributed by atoms with Crippen LogP contribution in [0.5, 0.6) is 5.75 Å². The van der Waals surface area contributed by atoms with Crippen molar-refractivity contribution in [3.8, 4) is 5.75 Å². The summed E-state index contributed by atoms with van der Waals surface area (Å²) in [5.74, 6) is -0.971. The highest BCUT2D eigenvalue weighted by Crippen LogP contribution is 2.23. The summed E-state index contributed by atoms with van der Waals surface area (Å²) in [5, 5.41) is 22.2. The average molecular weight is 400 g/mol. The Morgan fingerprint density at radius 2 is 1.89 bits per heavy atom. The van der Waals surface area contributed by atoms with Crippen LogP contribution in [0.3, 0.4) is 0 Å². The second-order valence-electron chi connectivity index (χ2n) is 5.99. The van der Waals surface area contributed by atoms with Crippen LogP contribution in [0.15, 0.2) is 58.7 Å². The molecule has 0 aliphatic carbocycles. The molecule has 1 saturated heterocycles. The highest BCUT2D eigenvalue weighted by molar-refractivity contribution is 8.15. The molecule has 0 bridgehead atoms. The van der Waals surface area contributed by atoms with Gasteiger partial charge in [0.25, 0.3) is 0 Å². The first-order valence-electron chi connectivity index (χ1n) is 8.35. The number of carbonyl (C=O) groups excluding carboxylic acids is 2. The maximum atomic E-state index is 13.0. The third-order valence-corrected chi connectivity index (χ3v) is 4.92. The maximum absolute atomic E-state index is 13.0. The van der Waals surface area contributed by atoms with E-state index in [1.165, 1.54) is 36.4 Å². The number of phenolic OH excluding ortho intramolecular Hbond substituents is 1. The molecule has 2 aromatic carbocycles. The number of amidine groups is 1. The lowest BCUT2D eigenvalue weighted by molar-refractivity contribution is -0.123. The summed E-state index contributed by atoms with van der Waals surface area (Å²) in [6.07, 6.45) is -0.00261.